The van der Waals surface area contributed by atoms with Crippen LogP contribution in [0.2, 0.25) is 0 Å². The first-order valence-corrected chi connectivity index (χ1v) is 6.93. The minimum absolute atomic E-state index is 0.0248. The molecule has 0 saturated carbocycles. The Morgan fingerprint density at radius 3 is 2.74 bits per heavy atom. The van der Waals surface area contributed by atoms with Gasteiger partial charge in [-0.3, -0.25) is 4.79 Å². The molecule has 1 amide bonds. The molecule has 2 unspecified atom stereocenters. The van der Waals surface area contributed by atoms with Gasteiger partial charge in [0, 0.05) is 25.2 Å². The van der Waals surface area contributed by atoms with E-state index >= 15 is 0 Å². The maximum atomic E-state index is 11.7. The van der Waals surface area contributed by atoms with Crippen molar-refractivity contribution in [3.8, 4) is 0 Å². The monoisotopic (exact) mass is 261 g/mol. The first kappa shape index (κ1) is 14.0. The van der Waals surface area contributed by atoms with Crippen molar-refractivity contribution in [2.75, 3.05) is 18.5 Å². The summed E-state index contributed by atoms with van der Waals surface area (Å²) < 4.78 is 0. The van der Waals surface area contributed by atoms with Crippen molar-refractivity contribution in [1.82, 2.24) is 0 Å². The van der Waals surface area contributed by atoms with E-state index in [1.165, 1.54) is 5.56 Å². The van der Waals surface area contributed by atoms with Crippen LogP contribution >= 0.6 is 0 Å². The first-order chi connectivity index (χ1) is 9.08. The summed E-state index contributed by atoms with van der Waals surface area (Å²) in [6.45, 7) is 2.72. The van der Waals surface area contributed by atoms with Crippen molar-refractivity contribution < 1.29 is 4.79 Å². The fraction of sp³-hybridized carbons (Fsp3) is 0.533. The molecule has 0 radical (unpaired) electrons. The van der Waals surface area contributed by atoms with Crippen molar-refractivity contribution in [3.05, 3.63) is 29.3 Å². The number of rotatable bonds is 4. The summed E-state index contributed by atoms with van der Waals surface area (Å²) in [5.41, 5.74) is 15.4. The Labute approximate surface area is 114 Å². The van der Waals surface area contributed by atoms with Gasteiger partial charge in [-0.05, 0) is 36.1 Å². The fourth-order valence-corrected chi connectivity index (χ4v) is 2.72. The van der Waals surface area contributed by atoms with Gasteiger partial charge in [-0.1, -0.05) is 25.5 Å². The molecule has 104 valence electrons. The molecule has 0 spiro atoms. The lowest BCUT2D eigenvalue weighted by atomic mass is 9.89. The number of carbonyl (C=O) groups excluding carboxylic acids is 1. The standard InChI is InChI=1S/C15H23N3O/c1-3-10(9-16)15(17)12-4-6-13-11(8-12)5-7-14(19)18(13)2/h4,6,8,10,15H,3,5,7,9,16-17H2,1-2H3. The molecule has 0 saturated heterocycles. The second-order valence-corrected chi connectivity index (χ2v) is 5.27. The van der Waals surface area contributed by atoms with Gasteiger partial charge < -0.3 is 16.4 Å². The van der Waals surface area contributed by atoms with E-state index in [0.29, 0.717) is 18.9 Å². The third-order valence-corrected chi connectivity index (χ3v) is 4.17. The third-order valence-electron chi connectivity index (χ3n) is 4.17. The lowest BCUT2D eigenvalue weighted by molar-refractivity contribution is -0.118. The maximum Gasteiger partial charge on any atom is 0.227 e. The Morgan fingerprint density at radius 2 is 2.11 bits per heavy atom. The molecule has 0 aliphatic carbocycles. The summed E-state index contributed by atoms with van der Waals surface area (Å²) >= 11 is 0. The van der Waals surface area contributed by atoms with Gasteiger partial charge in [0.1, 0.15) is 0 Å². The Hall–Kier alpha value is -1.39. The van der Waals surface area contributed by atoms with Gasteiger partial charge in [0.05, 0.1) is 0 Å². The molecular weight excluding hydrogens is 238 g/mol. The van der Waals surface area contributed by atoms with Crippen LogP contribution in [0, 0.1) is 5.92 Å². The first-order valence-electron chi connectivity index (χ1n) is 6.93. The molecule has 1 aliphatic heterocycles. The Balaban J connectivity index is 2.29. The molecule has 2 atom stereocenters. The maximum absolute atomic E-state index is 11.7. The molecule has 1 aromatic rings. The van der Waals surface area contributed by atoms with Crippen molar-refractivity contribution in [3.63, 3.8) is 0 Å². The highest BCUT2D eigenvalue weighted by Crippen LogP contribution is 2.31. The highest BCUT2D eigenvalue weighted by atomic mass is 16.2. The number of benzene rings is 1. The van der Waals surface area contributed by atoms with Gasteiger partial charge in [0.2, 0.25) is 5.91 Å². The number of hydrogen-bond acceptors (Lipinski definition) is 3. The summed E-state index contributed by atoms with van der Waals surface area (Å²) in [5.74, 6) is 0.485. The molecule has 1 heterocycles. The van der Waals surface area contributed by atoms with Gasteiger partial charge in [0.25, 0.3) is 0 Å². The summed E-state index contributed by atoms with van der Waals surface area (Å²) in [7, 11) is 1.83. The summed E-state index contributed by atoms with van der Waals surface area (Å²) in [6, 6.07) is 6.14. The minimum Gasteiger partial charge on any atom is -0.330 e. The van der Waals surface area contributed by atoms with Crippen LogP contribution in [0.25, 0.3) is 0 Å². The molecular formula is C15H23N3O. The second kappa shape index (κ2) is 5.72. The van der Waals surface area contributed by atoms with E-state index in [4.69, 9.17) is 11.5 Å². The zero-order chi connectivity index (χ0) is 14.0. The van der Waals surface area contributed by atoms with Crippen LogP contribution in [-0.4, -0.2) is 19.5 Å². The number of aryl methyl sites for hydroxylation is 1. The summed E-state index contributed by atoms with van der Waals surface area (Å²) in [4.78, 5) is 13.4. The summed E-state index contributed by atoms with van der Waals surface area (Å²) in [6.07, 6.45) is 2.36. The molecule has 1 aromatic carbocycles. The van der Waals surface area contributed by atoms with Crippen LogP contribution < -0.4 is 16.4 Å². The van der Waals surface area contributed by atoms with E-state index in [9.17, 15) is 4.79 Å². The number of fused-ring (bicyclic) bond motifs is 1. The van der Waals surface area contributed by atoms with Gasteiger partial charge in [-0.25, -0.2) is 0 Å². The average molecular weight is 261 g/mol. The number of nitrogens with two attached hydrogens (primary N) is 2. The highest BCUT2D eigenvalue weighted by Gasteiger charge is 2.23. The average Bonchev–Trinajstić information content (AvgIpc) is 2.44. The molecule has 2 rings (SSSR count). The molecule has 0 fully saturated rings. The molecule has 1 aliphatic rings. The van der Waals surface area contributed by atoms with Crippen LogP contribution in [0.4, 0.5) is 5.69 Å². The van der Waals surface area contributed by atoms with Crippen molar-refractivity contribution in [1.29, 1.82) is 0 Å². The van der Waals surface area contributed by atoms with E-state index in [-0.39, 0.29) is 11.9 Å². The largest absolute Gasteiger partial charge is 0.330 e. The fourth-order valence-electron chi connectivity index (χ4n) is 2.72. The van der Waals surface area contributed by atoms with E-state index in [1.807, 2.05) is 19.2 Å². The normalized spacial score (nSPS) is 18.1. The predicted octanol–water partition coefficient (Wildman–Crippen LogP) is 1.58. The second-order valence-electron chi connectivity index (χ2n) is 5.27. The van der Waals surface area contributed by atoms with Crippen LogP contribution in [0.5, 0.6) is 0 Å². The number of anilines is 1. The Morgan fingerprint density at radius 1 is 1.37 bits per heavy atom. The minimum atomic E-state index is -0.0248. The third kappa shape index (κ3) is 2.65. The number of carbonyl (C=O) groups is 1. The molecule has 4 N–H and O–H groups in total. The van der Waals surface area contributed by atoms with Crippen LogP contribution in [-0.2, 0) is 11.2 Å². The Bertz CT molecular complexity index is 468. The number of hydrogen-bond donors (Lipinski definition) is 2. The van der Waals surface area contributed by atoms with Gasteiger partial charge in [-0.15, -0.1) is 0 Å². The molecule has 19 heavy (non-hydrogen) atoms. The van der Waals surface area contributed by atoms with Crippen LogP contribution in [0.15, 0.2) is 18.2 Å². The van der Waals surface area contributed by atoms with Crippen LogP contribution in [0.1, 0.15) is 36.9 Å². The Kier molecular flexibility index (Phi) is 4.22. The van der Waals surface area contributed by atoms with E-state index in [2.05, 4.69) is 13.0 Å². The van der Waals surface area contributed by atoms with Crippen molar-refractivity contribution in [2.45, 2.75) is 32.2 Å². The zero-order valence-corrected chi connectivity index (χ0v) is 11.7. The zero-order valence-electron chi connectivity index (χ0n) is 11.7. The van der Waals surface area contributed by atoms with Gasteiger partial charge in [-0.2, -0.15) is 0 Å². The van der Waals surface area contributed by atoms with Gasteiger partial charge >= 0.3 is 0 Å². The molecule has 4 heteroatoms. The smallest absolute Gasteiger partial charge is 0.227 e. The lowest BCUT2D eigenvalue weighted by Gasteiger charge is -2.28. The molecule has 0 aromatic heterocycles. The number of amides is 1. The molecule has 0 bridgehead atoms. The van der Waals surface area contributed by atoms with E-state index in [1.54, 1.807) is 4.90 Å². The lowest BCUT2D eigenvalue weighted by Crippen LogP contribution is -2.32. The SMILES string of the molecule is CCC(CN)C(N)c1ccc2c(c1)CCC(=O)N2C. The van der Waals surface area contributed by atoms with E-state index in [0.717, 1.165) is 24.1 Å². The predicted molar refractivity (Wildman–Crippen MR) is 77.9 cm³/mol. The van der Waals surface area contributed by atoms with E-state index < -0.39 is 0 Å². The highest BCUT2D eigenvalue weighted by molar-refractivity contribution is 5.95. The summed E-state index contributed by atoms with van der Waals surface area (Å²) in [5, 5.41) is 0. The van der Waals surface area contributed by atoms with Crippen molar-refractivity contribution in [2.24, 2.45) is 17.4 Å². The quantitative estimate of drug-likeness (QED) is 0.864. The number of nitrogens with zero attached hydrogens (tertiary/aromatic N) is 1. The topological polar surface area (TPSA) is 72.3 Å². The van der Waals surface area contributed by atoms with Crippen LogP contribution in [0.3, 0.4) is 0 Å². The molecule has 4 nitrogen and oxygen atoms in total. The van der Waals surface area contributed by atoms with Crippen molar-refractivity contribution >= 4 is 11.6 Å². The van der Waals surface area contributed by atoms with Gasteiger partial charge in [0.15, 0.2) is 0 Å².